The third kappa shape index (κ3) is 7.81. The number of methoxy groups -OCH3 is 1. The van der Waals surface area contributed by atoms with Gasteiger partial charge in [-0.2, -0.15) is 0 Å². The number of aryl methyl sites for hydroxylation is 1. The molecule has 0 atom stereocenters. The molecule has 1 N–H and O–H groups in total. The van der Waals surface area contributed by atoms with Crippen molar-refractivity contribution >= 4 is 17.3 Å². The summed E-state index contributed by atoms with van der Waals surface area (Å²) >= 11 is 0. The number of hydrogen-bond donors (Lipinski definition) is 1. The van der Waals surface area contributed by atoms with Crippen molar-refractivity contribution in [1.82, 2.24) is 5.32 Å². The number of para-hydroxylation sites is 2. The van der Waals surface area contributed by atoms with Crippen LogP contribution >= 0.6 is 0 Å². The summed E-state index contributed by atoms with van der Waals surface area (Å²) < 4.78 is 10.6. The van der Waals surface area contributed by atoms with E-state index in [0.717, 1.165) is 75.3 Å². The van der Waals surface area contributed by atoms with Crippen LogP contribution in [0.3, 0.4) is 0 Å². The zero-order valence-corrected chi connectivity index (χ0v) is 25.1. The van der Waals surface area contributed by atoms with Crippen molar-refractivity contribution in [3.63, 3.8) is 0 Å². The molecule has 3 aliphatic rings. The van der Waals surface area contributed by atoms with Crippen LogP contribution in [0.5, 0.6) is 5.75 Å². The van der Waals surface area contributed by atoms with E-state index in [1.54, 1.807) is 13.2 Å². The lowest BCUT2D eigenvalue weighted by molar-refractivity contribution is 0.0631. The largest absolute Gasteiger partial charge is 0.496 e. The van der Waals surface area contributed by atoms with Gasteiger partial charge in [0, 0.05) is 58.5 Å². The van der Waals surface area contributed by atoms with E-state index in [1.165, 1.54) is 49.2 Å². The highest BCUT2D eigenvalue weighted by molar-refractivity contribution is 5.94. The molecule has 5 rings (SSSR count). The Hall–Kier alpha value is -2.99. The second kappa shape index (κ2) is 15.1. The SMILES string of the molecule is C/C=C1/CCN(C2CCCC2)c2ccccc2N1C.COc1ccc(C(=O)NCCCC2CCOCC2)cc1C.[HH]. The van der Waals surface area contributed by atoms with Gasteiger partial charge in [-0.25, -0.2) is 0 Å². The van der Waals surface area contributed by atoms with Crippen molar-refractivity contribution < 1.29 is 15.7 Å². The maximum absolute atomic E-state index is 12.1. The molecule has 1 saturated heterocycles. The van der Waals surface area contributed by atoms with E-state index in [2.05, 4.69) is 59.4 Å². The Bertz CT molecular complexity index is 1130. The monoisotopic (exact) mass is 549 g/mol. The summed E-state index contributed by atoms with van der Waals surface area (Å²) in [6.45, 7) is 7.78. The number of carbonyl (C=O) groups excluding carboxylic acids is 1. The highest BCUT2D eigenvalue weighted by Gasteiger charge is 2.28. The maximum atomic E-state index is 12.1. The second-order valence-electron chi connectivity index (χ2n) is 11.3. The Kier molecular flexibility index (Phi) is 11.3. The van der Waals surface area contributed by atoms with Gasteiger partial charge in [-0.3, -0.25) is 4.79 Å². The van der Waals surface area contributed by atoms with Gasteiger partial charge in [0.15, 0.2) is 0 Å². The third-order valence-electron chi connectivity index (χ3n) is 8.76. The van der Waals surface area contributed by atoms with Gasteiger partial charge in [0.25, 0.3) is 5.91 Å². The van der Waals surface area contributed by atoms with E-state index in [1.807, 2.05) is 19.1 Å². The first-order chi connectivity index (χ1) is 19.5. The van der Waals surface area contributed by atoms with E-state index in [0.29, 0.717) is 5.56 Å². The molecule has 2 aromatic carbocycles. The van der Waals surface area contributed by atoms with Gasteiger partial charge in [0.2, 0.25) is 0 Å². The molecule has 0 radical (unpaired) electrons. The quantitative estimate of drug-likeness (QED) is 0.366. The number of nitrogens with zero attached hydrogens (tertiary/aromatic N) is 2. The summed E-state index contributed by atoms with van der Waals surface area (Å²) in [5, 5.41) is 2.99. The Balaban J connectivity index is 0.000000221. The summed E-state index contributed by atoms with van der Waals surface area (Å²) in [6.07, 6.45) is 13.5. The van der Waals surface area contributed by atoms with Crippen molar-refractivity contribution in [2.45, 2.75) is 77.7 Å². The first-order valence-corrected chi connectivity index (χ1v) is 15.3. The van der Waals surface area contributed by atoms with E-state index in [4.69, 9.17) is 9.47 Å². The smallest absolute Gasteiger partial charge is 0.251 e. The molecule has 220 valence electrons. The van der Waals surface area contributed by atoms with Gasteiger partial charge in [-0.05, 0) is 94.2 Å². The molecule has 0 spiro atoms. The van der Waals surface area contributed by atoms with Crippen LogP contribution in [0, 0.1) is 12.8 Å². The number of amides is 1. The number of fused-ring (bicyclic) bond motifs is 1. The highest BCUT2D eigenvalue weighted by atomic mass is 16.5. The molecule has 0 aromatic heterocycles. The summed E-state index contributed by atoms with van der Waals surface area (Å²) in [6, 6.07) is 15.1. The highest BCUT2D eigenvalue weighted by Crippen LogP contribution is 2.38. The van der Waals surface area contributed by atoms with Crippen LogP contribution in [0.15, 0.2) is 54.2 Å². The Morgan fingerprint density at radius 2 is 1.82 bits per heavy atom. The molecule has 40 heavy (non-hydrogen) atoms. The molecule has 6 nitrogen and oxygen atoms in total. The molecule has 1 aliphatic carbocycles. The van der Waals surface area contributed by atoms with Crippen LogP contribution in [-0.4, -0.2) is 52.4 Å². The molecule has 2 fully saturated rings. The third-order valence-corrected chi connectivity index (χ3v) is 8.76. The van der Waals surface area contributed by atoms with Gasteiger partial charge in [0.1, 0.15) is 5.75 Å². The van der Waals surface area contributed by atoms with Crippen LogP contribution in [0.2, 0.25) is 0 Å². The first-order valence-electron chi connectivity index (χ1n) is 15.3. The molecule has 2 aromatic rings. The Morgan fingerprint density at radius 3 is 2.50 bits per heavy atom. The lowest BCUT2D eigenvalue weighted by Gasteiger charge is -2.31. The fourth-order valence-corrected chi connectivity index (χ4v) is 6.35. The molecular formula is C34H51N3O3. The Labute approximate surface area is 243 Å². The molecule has 6 heteroatoms. The zero-order valence-electron chi connectivity index (χ0n) is 25.1. The van der Waals surface area contributed by atoms with Gasteiger partial charge >= 0.3 is 0 Å². The topological polar surface area (TPSA) is 54.0 Å². The van der Waals surface area contributed by atoms with Crippen molar-refractivity contribution in [2.24, 2.45) is 5.92 Å². The summed E-state index contributed by atoms with van der Waals surface area (Å²) in [4.78, 5) is 17.1. The van der Waals surface area contributed by atoms with Gasteiger partial charge in [-0.1, -0.05) is 31.1 Å². The normalized spacial score (nSPS) is 19.1. The lowest BCUT2D eigenvalue weighted by atomic mass is 9.95. The van der Waals surface area contributed by atoms with E-state index in [9.17, 15) is 4.79 Å². The van der Waals surface area contributed by atoms with Crippen LogP contribution in [-0.2, 0) is 4.74 Å². The minimum atomic E-state index is -0.00673. The average Bonchev–Trinajstić information content (AvgIpc) is 3.48. The lowest BCUT2D eigenvalue weighted by Crippen LogP contribution is -2.33. The second-order valence-corrected chi connectivity index (χ2v) is 11.3. The standard InChI is InChI=1S/C17H24N2.C17H25NO3.H2/c1-3-14-12-13-19(15-8-4-5-9-15)17-11-7-6-10-16(17)18(14)2;1-13-12-15(5-6-16(13)20-2)17(19)18-9-3-4-14-7-10-21-11-8-14;/h3,6-7,10-11,15H,4-5,8-9,12-13H2,1-2H3;5-6,12,14H,3-4,7-11H2,1-2H3,(H,18,19);1H/b14-3-;;. The number of nitrogens with one attached hydrogen (secondary N) is 1. The van der Waals surface area contributed by atoms with Gasteiger partial charge in [-0.15, -0.1) is 0 Å². The number of carbonyl (C=O) groups is 1. The molecule has 2 aliphatic heterocycles. The average molecular weight is 550 g/mol. The molecule has 0 bridgehead atoms. The number of rotatable bonds is 7. The predicted molar refractivity (Wildman–Crippen MR) is 168 cm³/mol. The van der Waals surface area contributed by atoms with E-state index in [-0.39, 0.29) is 7.33 Å². The Morgan fingerprint density at radius 1 is 1.10 bits per heavy atom. The number of allylic oxidation sites excluding steroid dienone is 1. The minimum Gasteiger partial charge on any atom is -0.496 e. The summed E-state index contributed by atoms with van der Waals surface area (Å²) in [5.41, 5.74) is 5.90. The summed E-state index contributed by atoms with van der Waals surface area (Å²) in [7, 11) is 3.84. The van der Waals surface area contributed by atoms with Crippen LogP contribution in [0.25, 0.3) is 0 Å². The molecule has 2 heterocycles. The van der Waals surface area contributed by atoms with Crippen LogP contribution in [0.1, 0.15) is 82.1 Å². The summed E-state index contributed by atoms with van der Waals surface area (Å²) in [5.74, 6) is 1.57. The van der Waals surface area contributed by atoms with Gasteiger partial charge < -0.3 is 24.6 Å². The molecule has 1 amide bonds. The predicted octanol–water partition coefficient (Wildman–Crippen LogP) is 7.37. The number of benzene rings is 2. The number of hydrogen-bond acceptors (Lipinski definition) is 5. The fraction of sp³-hybridized carbons (Fsp3) is 0.559. The van der Waals surface area contributed by atoms with E-state index >= 15 is 0 Å². The molecule has 1 saturated carbocycles. The maximum Gasteiger partial charge on any atom is 0.251 e. The first kappa shape index (κ1) is 30.0. The van der Waals surface area contributed by atoms with Crippen LogP contribution in [0.4, 0.5) is 11.4 Å². The van der Waals surface area contributed by atoms with Gasteiger partial charge in [0.05, 0.1) is 18.5 Å². The van der Waals surface area contributed by atoms with E-state index < -0.39 is 0 Å². The fourth-order valence-electron chi connectivity index (χ4n) is 6.35. The molecular weight excluding hydrogens is 498 g/mol. The minimum absolute atomic E-state index is 0. The van der Waals surface area contributed by atoms with Crippen molar-refractivity contribution in [2.75, 3.05) is 50.3 Å². The van der Waals surface area contributed by atoms with Crippen molar-refractivity contribution in [3.05, 3.63) is 65.4 Å². The van der Waals surface area contributed by atoms with Crippen LogP contribution < -0.4 is 19.9 Å². The zero-order chi connectivity index (χ0) is 28.3. The number of anilines is 2. The van der Waals surface area contributed by atoms with Crippen molar-refractivity contribution in [3.8, 4) is 5.75 Å². The molecule has 0 unspecified atom stereocenters. The van der Waals surface area contributed by atoms with Crippen molar-refractivity contribution in [1.29, 1.82) is 0 Å². The number of ether oxygens (including phenoxy) is 2.